The van der Waals surface area contributed by atoms with Crippen LogP contribution in [0.2, 0.25) is 0 Å². The maximum atomic E-state index is 11.1. The minimum atomic E-state index is -0.102. The van der Waals surface area contributed by atoms with E-state index in [-0.39, 0.29) is 5.91 Å². The molecule has 2 rings (SSSR count). The van der Waals surface area contributed by atoms with Crippen LogP contribution in [-0.4, -0.2) is 26.4 Å². The van der Waals surface area contributed by atoms with Crippen molar-refractivity contribution in [2.75, 3.05) is 11.1 Å². The summed E-state index contributed by atoms with van der Waals surface area (Å²) in [5.41, 5.74) is 1.63. The number of nitrogens with zero attached hydrogens (tertiary/aromatic N) is 3. The van der Waals surface area contributed by atoms with E-state index in [2.05, 4.69) is 21.4 Å². The molecule has 0 aliphatic rings. The van der Waals surface area contributed by atoms with Gasteiger partial charge in [0.05, 0.1) is 5.69 Å². The van der Waals surface area contributed by atoms with Crippen LogP contribution in [0.1, 0.15) is 13.3 Å². The molecule has 0 fully saturated rings. The molecule has 0 saturated heterocycles. The molecule has 6 heteroatoms. The fraction of sp³-hybridized carbons (Fsp3) is 0.214. The Labute approximate surface area is 121 Å². The number of hydrogen-bond donors (Lipinski definition) is 1. The molecule has 5 nitrogen and oxygen atoms in total. The highest BCUT2D eigenvalue weighted by Gasteiger charge is 2.07. The molecule has 0 saturated carbocycles. The number of benzene rings is 1. The quantitative estimate of drug-likeness (QED) is 0.520. The second-order valence-electron chi connectivity index (χ2n) is 4.02. The SMILES string of the molecule is C#CCCSc1nncn1-c1cccc(NC(C)=O)c1. The van der Waals surface area contributed by atoms with E-state index in [0.29, 0.717) is 6.42 Å². The molecule has 1 amide bonds. The Hall–Kier alpha value is -2.26. The number of thioether (sulfide) groups is 1. The summed E-state index contributed by atoms with van der Waals surface area (Å²) in [6, 6.07) is 7.51. The van der Waals surface area contributed by atoms with E-state index in [1.807, 2.05) is 28.8 Å². The second kappa shape index (κ2) is 6.78. The Kier molecular flexibility index (Phi) is 4.80. The van der Waals surface area contributed by atoms with Gasteiger partial charge in [-0.3, -0.25) is 9.36 Å². The fourth-order valence-electron chi connectivity index (χ4n) is 1.64. The minimum Gasteiger partial charge on any atom is -0.326 e. The smallest absolute Gasteiger partial charge is 0.221 e. The lowest BCUT2D eigenvalue weighted by Gasteiger charge is -2.08. The molecule has 2 aromatic rings. The van der Waals surface area contributed by atoms with Crippen LogP contribution >= 0.6 is 11.8 Å². The number of rotatable bonds is 5. The van der Waals surface area contributed by atoms with Crippen LogP contribution in [0.25, 0.3) is 5.69 Å². The molecular weight excluding hydrogens is 272 g/mol. The van der Waals surface area contributed by atoms with Gasteiger partial charge in [0.2, 0.25) is 5.91 Å². The van der Waals surface area contributed by atoms with Gasteiger partial charge in [-0.25, -0.2) is 0 Å². The largest absolute Gasteiger partial charge is 0.326 e. The second-order valence-corrected chi connectivity index (χ2v) is 5.08. The maximum Gasteiger partial charge on any atom is 0.221 e. The minimum absolute atomic E-state index is 0.102. The van der Waals surface area contributed by atoms with Gasteiger partial charge in [0.15, 0.2) is 5.16 Å². The zero-order valence-corrected chi connectivity index (χ0v) is 11.9. The van der Waals surface area contributed by atoms with Crippen molar-refractivity contribution in [1.29, 1.82) is 0 Å². The van der Waals surface area contributed by atoms with Gasteiger partial charge in [-0.15, -0.1) is 22.5 Å². The van der Waals surface area contributed by atoms with Gasteiger partial charge >= 0.3 is 0 Å². The van der Waals surface area contributed by atoms with Crippen LogP contribution in [0, 0.1) is 12.3 Å². The average molecular weight is 286 g/mol. The third kappa shape index (κ3) is 3.62. The maximum absolute atomic E-state index is 11.1. The van der Waals surface area contributed by atoms with E-state index in [4.69, 9.17) is 6.42 Å². The number of hydrogen-bond acceptors (Lipinski definition) is 4. The molecule has 1 aromatic carbocycles. The van der Waals surface area contributed by atoms with E-state index >= 15 is 0 Å². The van der Waals surface area contributed by atoms with E-state index < -0.39 is 0 Å². The Morgan fingerprint density at radius 1 is 1.55 bits per heavy atom. The summed E-state index contributed by atoms with van der Waals surface area (Å²) in [5.74, 6) is 3.28. The van der Waals surface area contributed by atoms with E-state index in [1.165, 1.54) is 6.92 Å². The lowest BCUT2D eigenvalue weighted by atomic mass is 10.2. The summed E-state index contributed by atoms with van der Waals surface area (Å²) in [7, 11) is 0. The molecule has 20 heavy (non-hydrogen) atoms. The summed E-state index contributed by atoms with van der Waals surface area (Å²) in [6.07, 6.45) is 7.56. The molecular formula is C14H14N4OS. The van der Waals surface area contributed by atoms with Crippen LogP contribution in [0.15, 0.2) is 35.7 Å². The van der Waals surface area contributed by atoms with Crippen molar-refractivity contribution in [2.45, 2.75) is 18.5 Å². The monoisotopic (exact) mass is 286 g/mol. The van der Waals surface area contributed by atoms with E-state index in [0.717, 1.165) is 22.3 Å². The Morgan fingerprint density at radius 3 is 3.15 bits per heavy atom. The molecule has 0 aliphatic heterocycles. The number of amides is 1. The molecule has 1 aromatic heterocycles. The van der Waals surface area contributed by atoms with E-state index in [9.17, 15) is 4.79 Å². The fourth-order valence-corrected chi connectivity index (χ4v) is 2.44. The molecule has 102 valence electrons. The normalized spacial score (nSPS) is 10.0. The van der Waals surface area contributed by atoms with Crippen molar-refractivity contribution >= 4 is 23.4 Å². The van der Waals surface area contributed by atoms with Crippen LogP contribution < -0.4 is 5.32 Å². The molecule has 1 heterocycles. The number of anilines is 1. The van der Waals surface area contributed by atoms with Gasteiger partial charge < -0.3 is 5.32 Å². The van der Waals surface area contributed by atoms with Gasteiger partial charge in [-0.05, 0) is 18.2 Å². The summed E-state index contributed by atoms with van der Waals surface area (Å²) in [6.45, 7) is 1.48. The van der Waals surface area contributed by atoms with Crippen LogP contribution in [0.5, 0.6) is 0 Å². The van der Waals surface area contributed by atoms with Crippen molar-refractivity contribution < 1.29 is 4.79 Å². The zero-order chi connectivity index (χ0) is 14.4. The Morgan fingerprint density at radius 2 is 2.40 bits per heavy atom. The van der Waals surface area contributed by atoms with Gasteiger partial charge in [0, 0.05) is 24.8 Å². The first-order chi connectivity index (χ1) is 9.70. The summed E-state index contributed by atoms with van der Waals surface area (Å²) >= 11 is 1.55. The highest BCUT2D eigenvalue weighted by molar-refractivity contribution is 7.99. The Balaban J connectivity index is 2.21. The zero-order valence-electron chi connectivity index (χ0n) is 11.0. The summed E-state index contributed by atoms with van der Waals surface area (Å²) in [5, 5.41) is 11.5. The number of terminal acetylenes is 1. The predicted octanol–water partition coefficient (Wildman–Crippen LogP) is 2.34. The lowest BCUT2D eigenvalue weighted by Crippen LogP contribution is -2.06. The third-order valence-electron chi connectivity index (χ3n) is 2.44. The van der Waals surface area contributed by atoms with Gasteiger partial charge in [-0.1, -0.05) is 17.8 Å². The molecule has 0 unspecified atom stereocenters. The van der Waals surface area contributed by atoms with Gasteiger partial charge in [0.1, 0.15) is 6.33 Å². The predicted molar refractivity (Wildman–Crippen MR) is 79.8 cm³/mol. The van der Waals surface area contributed by atoms with Crippen molar-refractivity contribution in [3.8, 4) is 18.0 Å². The number of carbonyl (C=O) groups is 1. The number of aromatic nitrogens is 3. The van der Waals surface area contributed by atoms with E-state index in [1.54, 1.807) is 18.1 Å². The average Bonchev–Trinajstić information content (AvgIpc) is 2.87. The van der Waals surface area contributed by atoms with Crippen LogP contribution in [0.4, 0.5) is 5.69 Å². The van der Waals surface area contributed by atoms with Crippen molar-refractivity contribution in [3.63, 3.8) is 0 Å². The number of carbonyl (C=O) groups excluding carboxylic acids is 1. The van der Waals surface area contributed by atoms with Gasteiger partial charge in [0.25, 0.3) is 0 Å². The molecule has 0 bridgehead atoms. The first-order valence-electron chi connectivity index (χ1n) is 6.05. The van der Waals surface area contributed by atoms with Gasteiger partial charge in [-0.2, -0.15) is 0 Å². The molecule has 0 atom stereocenters. The highest BCUT2D eigenvalue weighted by atomic mass is 32.2. The molecule has 0 spiro atoms. The summed E-state index contributed by atoms with van der Waals surface area (Å²) < 4.78 is 1.87. The molecule has 0 radical (unpaired) electrons. The van der Waals surface area contributed by atoms with Crippen LogP contribution in [0.3, 0.4) is 0 Å². The first kappa shape index (κ1) is 14.2. The highest BCUT2D eigenvalue weighted by Crippen LogP contribution is 2.21. The topological polar surface area (TPSA) is 59.8 Å². The summed E-state index contributed by atoms with van der Waals surface area (Å²) in [4.78, 5) is 11.1. The number of nitrogens with one attached hydrogen (secondary N) is 1. The van der Waals surface area contributed by atoms with Crippen molar-refractivity contribution in [1.82, 2.24) is 14.8 Å². The molecule has 1 N–H and O–H groups in total. The first-order valence-corrected chi connectivity index (χ1v) is 7.03. The van der Waals surface area contributed by atoms with Crippen molar-refractivity contribution in [2.24, 2.45) is 0 Å². The van der Waals surface area contributed by atoms with Crippen molar-refractivity contribution in [3.05, 3.63) is 30.6 Å². The standard InChI is InChI=1S/C14H14N4OS/c1-3-4-8-20-14-17-15-10-18(14)13-7-5-6-12(9-13)16-11(2)19/h1,5-7,9-10H,4,8H2,2H3,(H,16,19). The Bertz CT molecular complexity index is 645. The molecule has 0 aliphatic carbocycles. The third-order valence-corrected chi connectivity index (χ3v) is 3.38. The lowest BCUT2D eigenvalue weighted by molar-refractivity contribution is -0.114. The van der Waals surface area contributed by atoms with Crippen LogP contribution in [-0.2, 0) is 4.79 Å².